The van der Waals surface area contributed by atoms with Gasteiger partial charge in [-0.25, -0.2) is 0 Å². The number of ether oxygens (including phenoxy) is 1. The number of carbonyl (C=O) groups excluding carboxylic acids is 1. The second kappa shape index (κ2) is 6.61. The summed E-state index contributed by atoms with van der Waals surface area (Å²) in [5.41, 5.74) is 1.26. The molecule has 8 heteroatoms. The van der Waals surface area contributed by atoms with Crippen LogP contribution in [0, 0.1) is 0 Å². The third-order valence-electron chi connectivity index (χ3n) is 4.62. The van der Waals surface area contributed by atoms with E-state index in [1.165, 1.54) is 11.8 Å². The van der Waals surface area contributed by atoms with Crippen molar-refractivity contribution in [3.63, 3.8) is 0 Å². The number of hydrogen-bond acceptors (Lipinski definition) is 5. The minimum absolute atomic E-state index is 0.106. The standard InChI is InChI=1S/C17H19N3O4S/c21-12-3-1-10(2-4-12)15-14-16(18-13(22)9-25-15)20(19-17(14)23)11-5-7-24-8-6-11/h1-4,11,15,21H,5-9H2,(H,18,22)(H,19,23)/t15-/m0/s1. The number of benzene rings is 1. The third kappa shape index (κ3) is 3.07. The summed E-state index contributed by atoms with van der Waals surface area (Å²) in [6.45, 7) is 1.29. The highest BCUT2D eigenvalue weighted by Gasteiger charge is 2.32. The van der Waals surface area contributed by atoms with Gasteiger partial charge in [0.25, 0.3) is 5.56 Å². The first-order valence-corrected chi connectivity index (χ1v) is 9.31. The number of anilines is 1. The van der Waals surface area contributed by atoms with E-state index in [-0.39, 0.29) is 34.3 Å². The molecule has 1 atom stereocenters. The fourth-order valence-electron chi connectivity index (χ4n) is 3.37. The molecule has 0 radical (unpaired) electrons. The molecular weight excluding hydrogens is 342 g/mol. The lowest BCUT2D eigenvalue weighted by atomic mass is 10.1. The van der Waals surface area contributed by atoms with Crippen LogP contribution in [-0.2, 0) is 9.53 Å². The van der Waals surface area contributed by atoms with Crippen LogP contribution in [0.2, 0.25) is 0 Å². The fraction of sp³-hybridized carbons (Fsp3) is 0.412. The average molecular weight is 361 g/mol. The molecule has 1 saturated heterocycles. The highest BCUT2D eigenvalue weighted by atomic mass is 32.2. The quantitative estimate of drug-likeness (QED) is 0.760. The van der Waals surface area contributed by atoms with Crippen LogP contribution in [0.25, 0.3) is 0 Å². The number of rotatable bonds is 2. The molecular formula is C17H19N3O4S. The zero-order valence-corrected chi connectivity index (χ0v) is 14.3. The molecule has 0 bridgehead atoms. The Balaban J connectivity index is 1.81. The molecule has 7 nitrogen and oxygen atoms in total. The van der Waals surface area contributed by atoms with Gasteiger partial charge in [0, 0.05) is 13.2 Å². The number of H-pyrrole nitrogens is 1. The van der Waals surface area contributed by atoms with Crippen molar-refractivity contribution in [1.29, 1.82) is 0 Å². The van der Waals surface area contributed by atoms with E-state index in [0.29, 0.717) is 24.6 Å². The van der Waals surface area contributed by atoms with Crippen molar-refractivity contribution in [2.24, 2.45) is 0 Å². The van der Waals surface area contributed by atoms with Crippen molar-refractivity contribution in [1.82, 2.24) is 9.78 Å². The minimum atomic E-state index is -0.264. The monoisotopic (exact) mass is 361 g/mol. The SMILES string of the molecule is O=C1CS[C@@H](c2ccc(O)cc2)c2c(n(C3CCOCC3)[nH]c2=O)N1. The number of nitrogens with one attached hydrogen (secondary N) is 2. The van der Waals surface area contributed by atoms with Crippen molar-refractivity contribution in [3.8, 4) is 5.75 Å². The molecule has 2 aliphatic rings. The summed E-state index contributed by atoms with van der Waals surface area (Å²) in [4.78, 5) is 24.9. The Hall–Kier alpha value is -2.19. The van der Waals surface area contributed by atoms with E-state index in [9.17, 15) is 14.7 Å². The molecule has 3 N–H and O–H groups in total. The number of carbonyl (C=O) groups is 1. The van der Waals surface area contributed by atoms with Gasteiger partial charge in [-0.3, -0.25) is 19.4 Å². The second-order valence-corrected chi connectivity index (χ2v) is 7.34. The lowest BCUT2D eigenvalue weighted by molar-refractivity contribution is -0.113. The number of phenols is 1. The van der Waals surface area contributed by atoms with Crippen LogP contribution in [-0.4, -0.2) is 39.8 Å². The lowest BCUT2D eigenvalue weighted by Gasteiger charge is -2.25. The largest absolute Gasteiger partial charge is 0.508 e. The summed E-state index contributed by atoms with van der Waals surface area (Å²) in [6.07, 6.45) is 1.59. The molecule has 132 valence electrons. The summed E-state index contributed by atoms with van der Waals surface area (Å²) in [7, 11) is 0. The van der Waals surface area contributed by atoms with Gasteiger partial charge in [-0.1, -0.05) is 12.1 Å². The maximum absolute atomic E-state index is 12.7. The van der Waals surface area contributed by atoms with Crippen molar-refractivity contribution < 1.29 is 14.6 Å². The number of amides is 1. The van der Waals surface area contributed by atoms with Gasteiger partial charge in [0.05, 0.1) is 22.6 Å². The maximum Gasteiger partial charge on any atom is 0.270 e. The van der Waals surface area contributed by atoms with Gasteiger partial charge in [0.1, 0.15) is 11.6 Å². The Bertz CT molecular complexity index is 837. The third-order valence-corrected chi connectivity index (χ3v) is 5.89. The van der Waals surface area contributed by atoms with Gasteiger partial charge in [-0.2, -0.15) is 0 Å². The summed E-state index contributed by atoms with van der Waals surface area (Å²) < 4.78 is 7.20. The van der Waals surface area contributed by atoms with Gasteiger partial charge in [0.2, 0.25) is 5.91 Å². The molecule has 1 aromatic carbocycles. The Morgan fingerprint density at radius 1 is 1.16 bits per heavy atom. The number of nitrogens with zero attached hydrogens (tertiary/aromatic N) is 1. The van der Waals surface area contributed by atoms with E-state index < -0.39 is 0 Å². The maximum atomic E-state index is 12.7. The van der Waals surface area contributed by atoms with Gasteiger partial charge in [-0.15, -0.1) is 11.8 Å². The van der Waals surface area contributed by atoms with Gasteiger partial charge >= 0.3 is 0 Å². The van der Waals surface area contributed by atoms with Gasteiger partial charge in [-0.05, 0) is 30.5 Å². The Morgan fingerprint density at radius 3 is 2.60 bits per heavy atom. The number of hydrogen-bond donors (Lipinski definition) is 3. The number of aromatic hydroxyl groups is 1. The Kier molecular flexibility index (Phi) is 4.30. The van der Waals surface area contributed by atoms with Crippen molar-refractivity contribution >= 4 is 23.5 Å². The van der Waals surface area contributed by atoms with Gasteiger partial charge < -0.3 is 15.2 Å². The Labute approximate surface area is 148 Å². The molecule has 2 aromatic rings. The Morgan fingerprint density at radius 2 is 1.88 bits per heavy atom. The van der Waals surface area contributed by atoms with E-state index in [2.05, 4.69) is 10.4 Å². The van der Waals surface area contributed by atoms with E-state index in [1.54, 1.807) is 28.9 Å². The first kappa shape index (κ1) is 16.3. The molecule has 0 spiro atoms. The van der Waals surface area contributed by atoms with Crippen LogP contribution in [0.5, 0.6) is 5.75 Å². The van der Waals surface area contributed by atoms with Crippen LogP contribution in [0.1, 0.15) is 35.3 Å². The van der Waals surface area contributed by atoms with Crippen molar-refractivity contribution in [3.05, 3.63) is 45.7 Å². The van der Waals surface area contributed by atoms with Gasteiger partial charge in [0.15, 0.2) is 0 Å². The summed E-state index contributed by atoms with van der Waals surface area (Å²) in [5, 5.41) is 15.1. The molecule has 1 fully saturated rings. The molecule has 1 amide bonds. The van der Waals surface area contributed by atoms with Crippen LogP contribution < -0.4 is 10.9 Å². The fourth-order valence-corrected chi connectivity index (χ4v) is 4.50. The summed E-state index contributed by atoms with van der Waals surface area (Å²) in [5.74, 6) is 0.885. The zero-order valence-electron chi connectivity index (χ0n) is 13.5. The molecule has 25 heavy (non-hydrogen) atoms. The smallest absolute Gasteiger partial charge is 0.270 e. The number of aromatic nitrogens is 2. The number of phenolic OH excluding ortho intramolecular Hbond substituents is 1. The van der Waals surface area contributed by atoms with E-state index >= 15 is 0 Å². The van der Waals surface area contributed by atoms with Crippen LogP contribution in [0.4, 0.5) is 5.82 Å². The molecule has 4 rings (SSSR count). The number of aromatic amines is 1. The summed E-state index contributed by atoms with van der Waals surface area (Å²) in [6, 6.07) is 6.88. The number of fused-ring (bicyclic) bond motifs is 1. The topological polar surface area (TPSA) is 96.3 Å². The normalized spacial score (nSPS) is 21.4. The van der Waals surface area contributed by atoms with Crippen LogP contribution in [0.3, 0.4) is 0 Å². The molecule has 3 heterocycles. The predicted octanol–water partition coefficient (Wildman–Crippen LogP) is 2.01. The first-order chi connectivity index (χ1) is 12.1. The highest BCUT2D eigenvalue weighted by Crippen LogP contribution is 2.41. The molecule has 1 aromatic heterocycles. The molecule has 0 aliphatic carbocycles. The van der Waals surface area contributed by atoms with Crippen molar-refractivity contribution in [2.75, 3.05) is 24.3 Å². The van der Waals surface area contributed by atoms with Crippen LogP contribution in [0.15, 0.2) is 29.1 Å². The van der Waals surface area contributed by atoms with Crippen molar-refractivity contribution in [2.45, 2.75) is 24.1 Å². The van der Waals surface area contributed by atoms with E-state index in [0.717, 1.165) is 18.4 Å². The first-order valence-electron chi connectivity index (χ1n) is 8.26. The number of thioether (sulfide) groups is 1. The van der Waals surface area contributed by atoms with E-state index in [1.807, 2.05) is 0 Å². The average Bonchev–Trinajstić information content (AvgIpc) is 2.83. The molecule has 2 aliphatic heterocycles. The minimum Gasteiger partial charge on any atom is -0.508 e. The molecule has 0 saturated carbocycles. The predicted molar refractivity (Wildman–Crippen MR) is 95.2 cm³/mol. The lowest BCUT2D eigenvalue weighted by Crippen LogP contribution is -2.24. The summed E-state index contributed by atoms with van der Waals surface area (Å²) >= 11 is 1.42. The zero-order chi connectivity index (χ0) is 17.4. The highest BCUT2D eigenvalue weighted by molar-refractivity contribution is 8.00. The molecule has 0 unspecified atom stereocenters. The second-order valence-electron chi connectivity index (χ2n) is 6.25. The van der Waals surface area contributed by atoms with Crippen LogP contribution >= 0.6 is 11.8 Å². The van der Waals surface area contributed by atoms with E-state index in [4.69, 9.17) is 4.74 Å².